The number of ether oxygens (including phenoxy) is 1. The highest BCUT2D eigenvalue weighted by atomic mass is 19.1. The van der Waals surface area contributed by atoms with Gasteiger partial charge >= 0.3 is 0 Å². The molecule has 0 saturated carbocycles. The Labute approximate surface area is 136 Å². The first-order valence-electron chi connectivity index (χ1n) is 7.78. The molecule has 4 heteroatoms. The van der Waals surface area contributed by atoms with Crippen LogP contribution in [0.2, 0.25) is 0 Å². The van der Waals surface area contributed by atoms with Crippen LogP contribution in [0.4, 0.5) is 4.39 Å². The Hall–Kier alpha value is -2.36. The Bertz CT molecular complexity index is 637. The molecule has 0 aromatic heterocycles. The van der Waals surface area contributed by atoms with Crippen molar-refractivity contribution >= 4 is 5.91 Å². The topological polar surface area (TPSA) is 38.3 Å². The molecule has 1 N–H and O–H groups in total. The molecule has 0 spiro atoms. The molecule has 2 aromatic carbocycles. The molecule has 0 aliphatic rings. The second kappa shape index (κ2) is 7.77. The van der Waals surface area contributed by atoms with Crippen LogP contribution in [0.3, 0.4) is 0 Å². The molecule has 0 saturated heterocycles. The van der Waals surface area contributed by atoms with Gasteiger partial charge in [-0.25, -0.2) is 4.39 Å². The maximum absolute atomic E-state index is 13.0. The average Bonchev–Trinajstić information content (AvgIpc) is 2.54. The molecule has 2 atom stereocenters. The molecule has 0 unspecified atom stereocenters. The van der Waals surface area contributed by atoms with Gasteiger partial charge < -0.3 is 10.1 Å². The van der Waals surface area contributed by atoms with Crippen molar-refractivity contribution in [2.75, 3.05) is 0 Å². The van der Waals surface area contributed by atoms with E-state index in [0.29, 0.717) is 12.2 Å². The van der Waals surface area contributed by atoms with E-state index in [1.165, 1.54) is 12.1 Å². The molecule has 2 aromatic rings. The van der Waals surface area contributed by atoms with Crippen molar-refractivity contribution in [3.63, 3.8) is 0 Å². The van der Waals surface area contributed by atoms with Crippen molar-refractivity contribution in [2.45, 2.75) is 39.3 Å². The summed E-state index contributed by atoms with van der Waals surface area (Å²) in [6.45, 7) is 5.77. The summed E-state index contributed by atoms with van der Waals surface area (Å²) >= 11 is 0. The van der Waals surface area contributed by atoms with E-state index < -0.39 is 6.10 Å². The SMILES string of the molecule is CC[C@@H](Oc1ccc(C)cc1)C(=O)N[C@@H](C)c1ccc(F)cc1. The molecule has 2 rings (SSSR count). The zero-order valence-electron chi connectivity index (χ0n) is 13.7. The van der Waals surface area contributed by atoms with Crippen LogP contribution in [0.15, 0.2) is 48.5 Å². The van der Waals surface area contributed by atoms with Crippen LogP contribution in [-0.4, -0.2) is 12.0 Å². The molecule has 1 amide bonds. The first kappa shape index (κ1) is 17.0. The quantitative estimate of drug-likeness (QED) is 0.869. The minimum atomic E-state index is -0.555. The third-order valence-corrected chi connectivity index (χ3v) is 3.69. The zero-order valence-corrected chi connectivity index (χ0v) is 13.7. The number of halogens is 1. The summed E-state index contributed by atoms with van der Waals surface area (Å²) in [7, 11) is 0. The summed E-state index contributed by atoms with van der Waals surface area (Å²) in [5, 5.41) is 2.91. The summed E-state index contributed by atoms with van der Waals surface area (Å²) in [6, 6.07) is 13.5. The van der Waals surface area contributed by atoms with Gasteiger partial charge in [0.2, 0.25) is 0 Å². The second-order valence-corrected chi connectivity index (χ2v) is 5.61. The van der Waals surface area contributed by atoms with Gasteiger partial charge in [0.05, 0.1) is 6.04 Å². The number of hydrogen-bond acceptors (Lipinski definition) is 2. The molecule has 0 bridgehead atoms. The average molecular weight is 315 g/mol. The molecule has 0 aliphatic carbocycles. The summed E-state index contributed by atoms with van der Waals surface area (Å²) in [4.78, 5) is 12.4. The molecule has 122 valence electrons. The Morgan fingerprint density at radius 1 is 1.13 bits per heavy atom. The third kappa shape index (κ3) is 4.81. The lowest BCUT2D eigenvalue weighted by atomic mass is 10.1. The fraction of sp³-hybridized carbons (Fsp3) is 0.316. The van der Waals surface area contributed by atoms with Crippen molar-refractivity contribution in [3.05, 3.63) is 65.5 Å². The number of carbonyl (C=O) groups excluding carboxylic acids is 1. The second-order valence-electron chi connectivity index (χ2n) is 5.61. The van der Waals surface area contributed by atoms with Gasteiger partial charge in [0.25, 0.3) is 5.91 Å². The number of aryl methyl sites for hydroxylation is 1. The van der Waals surface area contributed by atoms with Crippen LogP contribution in [0.1, 0.15) is 37.4 Å². The van der Waals surface area contributed by atoms with Crippen LogP contribution in [-0.2, 0) is 4.79 Å². The standard InChI is InChI=1S/C19H22FNO2/c1-4-18(23-17-11-5-13(2)6-12-17)19(22)21-14(3)15-7-9-16(20)10-8-15/h5-12,14,18H,4H2,1-3H3,(H,21,22)/t14-,18+/m0/s1. The smallest absolute Gasteiger partial charge is 0.261 e. The Balaban J connectivity index is 1.99. The monoisotopic (exact) mass is 315 g/mol. The van der Waals surface area contributed by atoms with Crippen molar-refractivity contribution in [2.24, 2.45) is 0 Å². The van der Waals surface area contributed by atoms with Gasteiger partial charge in [0.15, 0.2) is 6.10 Å². The van der Waals surface area contributed by atoms with Crippen LogP contribution in [0, 0.1) is 12.7 Å². The lowest BCUT2D eigenvalue weighted by Gasteiger charge is -2.21. The Kier molecular flexibility index (Phi) is 5.74. The van der Waals surface area contributed by atoms with Gasteiger partial charge in [-0.2, -0.15) is 0 Å². The lowest BCUT2D eigenvalue weighted by molar-refractivity contribution is -0.128. The summed E-state index contributed by atoms with van der Waals surface area (Å²) in [6.07, 6.45) is 0.0103. The van der Waals surface area contributed by atoms with Gasteiger partial charge in [-0.05, 0) is 50.1 Å². The third-order valence-electron chi connectivity index (χ3n) is 3.69. The normalized spacial score (nSPS) is 13.2. The summed E-state index contributed by atoms with van der Waals surface area (Å²) in [5.41, 5.74) is 1.99. The van der Waals surface area contributed by atoms with Crippen molar-refractivity contribution in [1.29, 1.82) is 0 Å². The van der Waals surface area contributed by atoms with E-state index in [1.807, 2.05) is 45.0 Å². The Morgan fingerprint density at radius 3 is 2.30 bits per heavy atom. The van der Waals surface area contributed by atoms with Crippen molar-refractivity contribution < 1.29 is 13.9 Å². The number of nitrogens with one attached hydrogen (secondary N) is 1. The maximum Gasteiger partial charge on any atom is 0.261 e. The van der Waals surface area contributed by atoms with E-state index in [0.717, 1.165) is 11.1 Å². The van der Waals surface area contributed by atoms with E-state index in [4.69, 9.17) is 4.74 Å². The Morgan fingerprint density at radius 2 is 1.74 bits per heavy atom. The first-order valence-corrected chi connectivity index (χ1v) is 7.78. The van der Waals surface area contributed by atoms with E-state index in [2.05, 4.69) is 5.32 Å². The highest BCUT2D eigenvalue weighted by Crippen LogP contribution is 2.17. The molecule has 23 heavy (non-hydrogen) atoms. The minimum Gasteiger partial charge on any atom is -0.481 e. The van der Waals surface area contributed by atoms with Crippen molar-refractivity contribution in [3.8, 4) is 5.75 Å². The maximum atomic E-state index is 13.0. The molecule has 0 aliphatic heterocycles. The number of carbonyl (C=O) groups is 1. The largest absolute Gasteiger partial charge is 0.481 e. The van der Waals surface area contributed by atoms with Gasteiger partial charge in [-0.15, -0.1) is 0 Å². The van der Waals surface area contributed by atoms with E-state index >= 15 is 0 Å². The van der Waals surface area contributed by atoms with Crippen LogP contribution >= 0.6 is 0 Å². The predicted octanol–water partition coefficient (Wildman–Crippen LogP) is 4.17. The molecule has 0 fully saturated rings. The first-order chi connectivity index (χ1) is 11.0. The lowest BCUT2D eigenvalue weighted by Crippen LogP contribution is -2.39. The van der Waals surface area contributed by atoms with Gasteiger partial charge in [-0.1, -0.05) is 36.8 Å². The minimum absolute atomic E-state index is 0.176. The summed E-state index contributed by atoms with van der Waals surface area (Å²) < 4.78 is 18.7. The predicted molar refractivity (Wildman–Crippen MR) is 88.8 cm³/mol. The highest BCUT2D eigenvalue weighted by molar-refractivity contribution is 5.81. The molecular formula is C19H22FNO2. The number of hydrogen-bond donors (Lipinski definition) is 1. The number of amides is 1. The van der Waals surface area contributed by atoms with Crippen LogP contribution < -0.4 is 10.1 Å². The van der Waals surface area contributed by atoms with E-state index in [1.54, 1.807) is 12.1 Å². The molecular weight excluding hydrogens is 293 g/mol. The molecule has 0 radical (unpaired) electrons. The number of benzene rings is 2. The fourth-order valence-electron chi connectivity index (χ4n) is 2.24. The van der Waals surface area contributed by atoms with Crippen LogP contribution in [0.25, 0.3) is 0 Å². The highest BCUT2D eigenvalue weighted by Gasteiger charge is 2.20. The van der Waals surface area contributed by atoms with Crippen LogP contribution in [0.5, 0.6) is 5.75 Å². The van der Waals surface area contributed by atoms with Gasteiger partial charge in [0, 0.05) is 0 Å². The molecule has 3 nitrogen and oxygen atoms in total. The fourth-order valence-corrected chi connectivity index (χ4v) is 2.24. The van der Waals surface area contributed by atoms with Gasteiger partial charge in [0.1, 0.15) is 11.6 Å². The van der Waals surface area contributed by atoms with E-state index in [-0.39, 0.29) is 17.8 Å². The molecule has 0 heterocycles. The summed E-state index contributed by atoms with van der Waals surface area (Å²) in [5.74, 6) is 0.207. The van der Waals surface area contributed by atoms with Gasteiger partial charge in [-0.3, -0.25) is 4.79 Å². The zero-order chi connectivity index (χ0) is 16.8. The van der Waals surface area contributed by atoms with Crippen molar-refractivity contribution in [1.82, 2.24) is 5.32 Å². The number of rotatable bonds is 6. The van der Waals surface area contributed by atoms with E-state index in [9.17, 15) is 9.18 Å².